The van der Waals surface area contributed by atoms with Gasteiger partial charge in [0, 0.05) is 23.2 Å². The molecule has 130 valence electrons. The highest BCUT2D eigenvalue weighted by atomic mass is 16.5. The number of anilines is 1. The maximum atomic E-state index is 12.6. The van der Waals surface area contributed by atoms with E-state index in [2.05, 4.69) is 5.32 Å². The van der Waals surface area contributed by atoms with Crippen molar-refractivity contribution in [3.05, 3.63) is 84.4 Å². The van der Waals surface area contributed by atoms with E-state index in [9.17, 15) is 9.59 Å². The Kier molecular flexibility index (Phi) is 5.44. The second-order valence-corrected chi connectivity index (χ2v) is 5.72. The summed E-state index contributed by atoms with van der Waals surface area (Å²) in [5.41, 5.74) is 3.22. The number of benzene rings is 3. The van der Waals surface area contributed by atoms with Gasteiger partial charge in [0.05, 0.1) is 0 Å². The number of carbonyl (C=O) groups is 2. The van der Waals surface area contributed by atoms with Crippen LogP contribution in [0.25, 0.3) is 11.1 Å². The summed E-state index contributed by atoms with van der Waals surface area (Å²) in [5.74, 6) is -0.0983. The third kappa shape index (κ3) is 4.16. The van der Waals surface area contributed by atoms with E-state index in [-0.39, 0.29) is 11.9 Å². The molecule has 0 aliphatic heterocycles. The fourth-order valence-corrected chi connectivity index (χ4v) is 2.53. The number of carbonyl (C=O) groups excluding carboxylic acids is 2. The average molecular weight is 345 g/mol. The lowest BCUT2D eigenvalue weighted by Gasteiger charge is -2.11. The third-order valence-corrected chi connectivity index (χ3v) is 3.90. The van der Waals surface area contributed by atoms with Gasteiger partial charge >= 0.3 is 5.97 Å². The van der Waals surface area contributed by atoms with Crippen LogP contribution in [0.15, 0.2) is 78.9 Å². The molecule has 4 heteroatoms. The number of rotatable bonds is 5. The van der Waals surface area contributed by atoms with E-state index in [1.54, 1.807) is 31.2 Å². The molecule has 0 saturated carbocycles. The summed E-state index contributed by atoms with van der Waals surface area (Å²) in [4.78, 5) is 23.9. The Balaban J connectivity index is 1.78. The zero-order valence-corrected chi connectivity index (χ0v) is 14.4. The van der Waals surface area contributed by atoms with E-state index in [4.69, 9.17) is 4.74 Å². The van der Waals surface area contributed by atoms with Crippen LogP contribution in [0.5, 0.6) is 5.75 Å². The molecule has 0 radical (unpaired) electrons. The Hall–Kier alpha value is -3.40. The van der Waals surface area contributed by atoms with Crippen molar-refractivity contribution in [3.8, 4) is 16.9 Å². The number of hydrogen-bond donors (Lipinski definition) is 1. The van der Waals surface area contributed by atoms with Crippen molar-refractivity contribution in [3.63, 3.8) is 0 Å². The second-order valence-electron chi connectivity index (χ2n) is 5.72. The molecule has 0 heterocycles. The number of hydrogen-bond acceptors (Lipinski definition) is 3. The van der Waals surface area contributed by atoms with Crippen LogP contribution in [-0.2, 0) is 4.79 Å². The van der Waals surface area contributed by atoms with E-state index in [0.717, 1.165) is 16.8 Å². The van der Waals surface area contributed by atoms with Crippen molar-refractivity contribution in [1.29, 1.82) is 0 Å². The van der Waals surface area contributed by atoms with E-state index in [1.165, 1.54) is 0 Å². The number of amides is 1. The summed E-state index contributed by atoms with van der Waals surface area (Å²) < 4.78 is 5.12. The Morgan fingerprint density at radius 1 is 0.846 bits per heavy atom. The van der Waals surface area contributed by atoms with Crippen LogP contribution in [0, 0.1) is 0 Å². The molecule has 0 saturated heterocycles. The molecule has 3 rings (SSSR count). The molecule has 1 N–H and O–H groups in total. The SMILES string of the molecule is CCC(=O)Oc1ccc(C(=O)Nc2ccccc2-c2ccccc2)cc1. The van der Waals surface area contributed by atoms with Gasteiger partial charge in [-0.2, -0.15) is 0 Å². The minimum absolute atomic E-state index is 0.221. The molecule has 26 heavy (non-hydrogen) atoms. The van der Waals surface area contributed by atoms with Gasteiger partial charge in [0.25, 0.3) is 5.91 Å². The van der Waals surface area contributed by atoms with Crippen LogP contribution >= 0.6 is 0 Å². The smallest absolute Gasteiger partial charge is 0.310 e. The Morgan fingerprint density at radius 2 is 1.50 bits per heavy atom. The molecule has 0 bridgehead atoms. The van der Waals surface area contributed by atoms with Crippen molar-refractivity contribution in [2.24, 2.45) is 0 Å². The van der Waals surface area contributed by atoms with Crippen LogP contribution in [-0.4, -0.2) is 11.9 Å². The standard InChI is InChI=1S/C22H19NO3/c1-2-21(24)26-18-14-12-17(13-15-18)22(25)23-20-11-7-6-10-19(20)16-8-4-3-5-9-16/h3-15H,2H2,1H3,(H,23,25). The fraction of sp³-hybridized carbons (Fsp3) is 0.0909. The summed E-state index contributed by atoms with van der Waals surface area (Å²) >= 11 is 0. The van der Waals surface area contributed by atoms with Crippen molar-refractivity contribution in [2.45, 2.75) is 13.3 Å². The first-order valence-electron chi connectivity index (χ1n) is 8.44. The van der Waals surface area contributed by atoms with Crippen LogP contribution in [0.2, 0.25) is 0 Å². The molecule has 0 aliphatic rings. The van der Waals surface area contributed by atoms with Gasteiger partial charge in [-0.25, -0.2) is 0 Å². The summed E-state index contributed by atoms with van der Waals surface area (Å²) in [6.45, 7) is 1.73. The molecule has 0 fully saturated rings. The van der Waals surface area contributed by atoms with Gasteiger partial charge in [-0.1, -0.05) is 55.5 Å². The van der Waals surface area contributed by atoms with Crippen LogP contribution in [0.1, 0.15) is 23.7 Å². The normalized spacial score (nSPS) is 10.2. The summed E-state index contributed by atoms with van der Waals surface area (Å²) in [6, 6.07) is 24.1. The molecular weight excluding hydrogens is 326 g/mol. The quantitative estimate of drug-likeness (QED) is 0.527. The second kappa shape index (κ2) is 8.12. The molecule has 0 unspecified atom stereocenters. The monoisotopic (exact) mass is 345 g/mol. The van der Waals surface area contributed by atoms with Crippen molar-refractivity contribution < 1.29 is 14.3 Å². The minimum atomic E-state index is -0.306. The number of para-hydroxylation sites is 1. The fourth-order valence-electron chi connectivity index (χ4n) is 2.53. The summed E-state index contributed by atoms with van der Waals surface area (Å²) in [5, 5.41) is 2.95. The van der Waals surface area contributed by atoms with Crippen molar-refractivity contribution in [1.82, 2.24) is 0 Å². The van der Waals surface area contributed by atoms with E-state index >= 15 is 0 Å². The zero-order valence-electron chi connectivity index (χ0n) is 14.4. The first kappa shape index (κ1) is 17.4. The molecule has 0 spiro atoms. The maximum Gasteiger partial charge on any atom is 0.310 e. The van der Waals surface area contributed by atoms with Crippen molar-refractivity contribution in [2.75, 3.05) is 5.32 Å². The highest BCUT2D eigenvalue weighted by Crippen LogP contribution is 2.28. The molecule has 0 aromatic heterocycles. The molecule has 1 amide bonds. The number of ether oxygens (including phenoxy) is 1. The van der Waals surface area contributed by atoms with Gasteiger partial charge in [-0.3, -0.25) is 9.59 Å². The summed E-state index contributed by atoms with van der Waals surface area (Å²) in [7, 11) is 0. The van der Waals surface area contributed by atoms with Gasteiger partial charge in [-0.05, 0) is 35.9 Å². The number of nitrogens with one attached hydrogen (secondary N) is 1. The Bertz CT molecular complexity index is 902. The van der Waals surface area contributed by atoms with Crippen LogP contribution < -0.4 is 10.1 Å². The lowest BCUT2D eigenvalue weighted by atomic mass is 10.0. The Labute approximate surface area is 152 Å². The van der Waals surface area contributed by atoms with E-state index < -0.39 is 0 Å². The van der Waals surface area contributed by atoms with Crippen LogP contribution in [0.4, 0.5) is 5.69 Å². The molecular formula is C22H19NO3. The molecule has 4 nitrogen and oxygen atoms in total. The zero-order chi connectivity index (χ0) is 18.4. The maximum absolute atomic E-state index is 12.6. The predicted octanol–water partition coefficient (Wildman–Crippen LogP) is 4.92. The number of esters is 1. The topological polar surface area (TPSA) is 55.4 Å². The average Bonchev–Trinajstić information content (AvgIpc) is 2.69. The highest BCUT2D eigenvalue weighted by Gasteiger charge is 2.11. The lowest BCUT2D eigenvalue weighted by molar-refractivity contribution is -0.134. The van der Waals surface area contributed by atoms with Crippen molar-refractivity contribution >= 4 is 17.6 Å². The van der Waals surface area contributed by atoms with Crippen LogP contribution in [0.3, 0.4) is 0 Å². The third-order valence-electron chi connectivity index (χ3n) is 3.90. The van der Waals surface area contributed by atoms with E-state index in [0.29, 0.717) is 17.7 Å². The predicted molar refractivity (Wildman–Crippen MR) is 102 cm³/mol. The minimum Gasteiger partial charge on any atom is -0.427 e. The first-order chi connectivity index (χ1) is 12.7. The van der Waals surface area contributed by atoms with Gasteiger partial charge < -0.3 is 10.1 Å². The largest absolute Gasteiger partial charge is 0.427 e. The van der Waals surface area contributed by atoms with Gasteiger partial charge in [0.15, 0.2) is 0 Å². The first-order valence-corrected chi connectivity index (χ1v) is 8.44. The Morgan fingerprint density at radius 3 is 2.19 bits per heavy atom. The molecule has 0 atom stereocenters. The molecule has 0 aliphatic carbocycles. The lowest BCUT2D eigenvalue weighted by Crippen LogP contribution is -2.12. The van der Waals surface area contributed by atoms with Gasteiger partial charge in [0.1, 0.15) is 5.75 Å². The summed E-state index contributed by atoms with van der Waals surface area (Å²) in [6.07, 6.45) is 0.304. The highest BCUT2D eigenvalue weighted by molar-refractivity contribution is 6.06. The van der Waals surface area contributed by atoms with Gasteiger partial charge in [0.2, 0.25) is 0 Å². The van der Waals surface area contributed by atoms with E-state index in [1.807, 2.05) is 54.6 Å². The van der Waals surface area contributed by atoms with Gasteiger partial charge in [-0.15, -0.1) is 0 Å². The molecule has 3 aromatic rings. The molecule has 3 aromatic carbocycles.